The molecule has 0 spiro atoms. The van der Waals surface area contributed by atoms with Crippen LogP contribution in [0.5, 0.6) is 0 Å². The standard InChI is InChI=1S/C32H34BN3O6/c1-22(2)29(33(40)41)35-30(37)26-19-12-20-36(26)31(38)28(34-32(39)42-21-23-13-6-3-7-14-23)27(24-15-8-4-9-16-24)25-17-10-5-11-18-25/h3-20,22,27-29,40-41H,21H2,1-2H3,(H,34,39)(H,35,37). The Labute approximate surface area is 245 Å². The molecule has 1 aromatic heterocycles. The maximum atomic E-state index is 14.3. The lowest BCUT2D eigenvalue weighted by atomic mass is 9.73. The molecule has 0 saturated heterocycles. The van der Waals surface area contributed by atoms with E-state index in [0.29, 0.717) is 0 Å². The van der Waals surface area contributed by atoms with Crippen molar-refractivity contribution in [2.24, 2.45) is 5.92 Å². The third kappa shape index (κ3) is 7.54. The van der Waals surface area contributed by atoms with Gasteiger partial charge in [-0.1, -0.05) is 105 Å². The van der Waals surface area contributed by atoms with E-state index in [1.165, 1.54) is 18.3 Å². The fourth-order valence-electron chi connectivity index (χ4n) is 4.80. The number of hydrogen-bond donors (Lipinski definition) is 4. The van der Waals surface area contributed by atoms with Crippen molar-refractivity contribution in [3.8, 4) is 0 Å². The van der Waals surface area contributed by atoms with Gasteiger partial charge in [-0.2, -0.15) is 0 Å². The summed E-state index contributed by atoms with van der Waals surface area (Å²) < 4.78 is 6.65. The molecule has 4 aromatic rings. The van der Waals surface area contributed by atoms with E-state index >= 15 is 0 Å². The van der Waals surface area contributed by atoms with E-state index in [4.69, 9.17) is 4.74 Å². The van der Waals surface area contributed by atoms with E-state index in [2.05, 4.69) is 10.6 Å². The smallest absolute Gasteiger partial charge is 0.445 e. The van der Waals surface area contributed by atoms with Crippen LogP contribution < -0.4 is 10.6 Å². The number of amides is 2. The number of ether oxygens (including phenoxy) is 1. The average molecular weight is 567 g/mol. The van der Waals surface area contributed by atoms with Gasteiger partial charge in [0.2, 0.25) is 0 Å². The molecule has 0 aliphatic heterocycles. The predicted octanol–water partition coefficient (Wildman–Crippen LogP) is 4.02. The zero-order valence-corrected chi connectivity index (χ0v) is 23.5. The minimum atomic E-state index is -1.79. The van der Waals surface area contributed by atoms with Crippen LogP contribution in [0.1, 0.15) is 51.7 Å². The lowest BCUT2D eigenvalue weighted by molar-refractivity contribution is 0.0804. The van der Waals surface area contributed by atoms with Gasteiger partial charge in [-0.3, -0.25) is 14.2 Å². The fraction of sp³-hybridized carbons (Fsp3) is 0.219. The first-order valence-electron chi connectivity index (χ1n) is 13.7. The number of benzene rings is 3. The highest BCUT2D eigenvalue weighted by Crippen LogP contribution is 2.29. The van der Waals surface area contributed by atoms with Crippen LogP contribution in [-0.4, -0.2) is 51.6 Å². The van der Waals surface area contributed by atoms with Gasteiger partial charge >= 0.3 is 13.2 Å². The average Bonchev–Trinajstić information content (AvgIpc) is 3.50. The summed E-state index contributed by atoms with van der Waals surface area (Å²) in [6, 6.07) is 29.6. The predicted molar refractivity (Wildman–Crippen MR) is 160 cm³/mol. The Morgan fingerprint density at radius 2 is 1.33 bits per heavy atom. The summed E-state index contributed by atoms with van der Waals surface area (Å²) in [6.07, 6.45) is 0.643. The summed E-state index contributed by atoms with van der Waals surface area (Å²) in [4.78, 5) is 40.7. The van der Waals surface area contributed by atoms with Crippen molar-refractivity contribution in [1.29, 1.82) is 0 Å². The quantitative estimate of drug-likeness (QED) is 0.203. The molecule has 10 heteroatoms. The van der Waals surface area contributed by atoms with E-state index in [0.717, 1.165) is 21.3 Å². The van der Waals surface area contributed by atoms with Crippen molar-refractivity contribution in [3.63, 3.8) is 0 Å². The number of nitrogens with one attached hydrogen (secondary N) is 2. The Balaban J connectivity index is 1.70. The summed E-state index contributed by atoms with van der Waals surface area (Å²) in [5, 5.41) is 24.9. The molecule has 42 heavy (non-hydrogen) atoms. The first-order chi connectivity index (χ1) is 20.3. The van der Waals surface area contributed by atoms with Crippen molar-refractivity contribution < 1.29 is 29.2 Å². The van der Waals surface area contributed by atoms with Gasteiger partial charge in [0.15, 0.2) is 0 Å². The van der Waals surface area contributed by atoms with Crippen LogP contribution in [-0.2, 0) is 11.3 Å². The van der Waals surface area contributed by atoms with Gasteiger partial charge in [-0.05, 0) is 34.7 Å². The molecule has 1 heterocycles. The van der Waals surface area contributed by atoms with Crippen LogP contribution in [0.4, 0.5) is 4.79 Å². The molecule has 2 atom stereocenters. The maximum Gasteiger partial charge on any atom is 0.475 e. The Hall–Kier alpha value is -4.67. The molecule has 4 rings (SSSR count). The molecule has 0 bridgehead atoms. The lowest BCUT2D eigenvalue weighted by Gasteiger charge is -2.28. The van der Waals surface area contributed by atoms with Crippen molar-refractivity contribution in [3.05, 3.63) is 132 Å². The first kappa shape index (κ1) is 30.3. The topological polar surface area (TPSA) is 130 Å². The summed E-state index contributed by atoms with van der Waals surface area (Å²) in [5.74, 6) is -3.13. The molecule has 0 aliphatic rings. The molecule has 0 fully saturated rings. The molecule has 9 nitrogen and oxygen atoms in total. The van der Waals surface area contributed by atoms with Crippen LogP contribution in [0.3, 0.4) is 0 Å². The number of rotatable bonds is 11. The third-order valence-electron chi connectivity index (χ3n) is 6.96. The maximum absolute atomic E-state index is 14.3. The van der Waals surface area contributed by atoms with Gasteiger partial charge in [0.1, 0.15) is 18.3 Å². The van der Waals surface area contributed by atoms with E-state index in [1.54, 1.807) is 13.8 Å². The molecule has 216 valence electrons. The molecule has 0 aliphatic carbocycles. The summed E-state index contributed by atoms with van der Waals surface area (Å²) in [7, 11) is -1.79. The second kappa shape index (κ2) is 14.3. The summed E-state index contributed by atoms with van der Waals surface area (Å²) >= 11 is 0. The molecule has 4 N–H and O–H groups in total. The lowest BCUT2D eigenvalue weighted by Crippen LogP contribution is -2.51. The fourth-order valence-corrected chi connectivity index (χ4v) is 4.80. The van der Waals surface area contributed by atoms with Crippen LogP contribution in [0.15, 0.2) is 109 Å². The number of nitrogens with zero attached hydrogens (tertiary/aromatic N) is 1. The Kier molecular flexibility index (Phi) is 10.3. The molecular formula is C32H34BN3O6. The van der Waals surface area contributed by atoms with E-state index in [1.807, 2.05) is 91.0 Å². The van der Waals surface area contributed by atoms with E-state index in [-0.39, 0.29) is 18.2 Å². The number of carbonyl (C=O) groups is 3. The van der Waals surface area contributed by atoms with Crippen molar-refractivity contribution >= 4 is 25.0 Å². The summed E-state index contributed by atoms with van der Waals surface area (Å²) in [6.45, 7) is 3.48. The Bertz CT molecular complexity index is 1410. The van der Waals surface area contributed by atoms with Gasteiger partial charge in [0, 0.05) is 12.1 Å². The van der Waals surface area contributed by atoms with Crippen LogP contribution in [0.2, 0.25) is 0 Å². The van der Waals surface area contributed by atoms with E-state index in [9.17, 15) is 24.4 Å². The highest BCUT2D eigenvalue weighted by Gasteiger charge is 2.36. The monoisotopic (exact) mass is 567 g/mol. The number of aromatic nitrogens is 1. The molecule has 0 radical (unpaired) electrons. The van der Waals surface area contributed by atoms with E-state index < -0.39 is 42.9 Å². The van der Waals surface area contributed by atoms with Gasteiger partial charge in [0.25, 0.3) is 11.8 Å². The second-order valence-corrected chi connectivity index (χ2v) is 10.2. The molecular weight excluding hydrogens is 533 g/mol. The van der Waals surface area contributed by atoms with Crippen LogP contribution in [0, 0.1) is 5.92 Å². The van der Waals surface area contributed by atoms with Gasteiger partial charge in [0.05, 0.1) is 5.94 Å². The number of hydrogen-bond acceptors (Lipinski definition) is 6. The molecule has 2 amide bonds. The normalized spacial score (nSPS) is 12.4. The van der Waals surface area contributed by atoms with Crippen molar-refractivity contribution in [2.75, 3.05) is 0 Å². The van der Waals surface area contributed by atoms with Crippen LogP contribution >= 0.6 is 0 Å². The van der Waals surface area contributed by atoms with Gasteiger partial charge < -0.3 is 25.4 Å². The third-order valence-corrected chi connectivity index (χ3v) is 6.96. The number of carbonyl (C=O) groups excluding carboxylic acids is 3. The minimum Gasteiger partial charge on any atom is -0.445 e. The van der Waals surface area contributed by atoms with Gasteiger partial charge in [-0.15, -0.1) is 0 Å². The highest BCUT2D eigenvalue weighted by molar-refractivity contribution is 6.43. The molecule has 3 aromatic carbocycles. The summed E-state index contributed by atoms with van der Waals surface area (Å²) in [5.41, 5.74) is 2.31. The Morgan fingerprint density at radius 3 is 1.86 bits per heavy atom. The van der Waals surface area contributed by atoms with Gasteiger partial charge in [-0.25, -0.2) is 4.79 Å². The molecule has 0 saturated carbocycles. The zero-order valence-electron chi connectivity index (χ0n) is 23.5. The SMILES string of the molecule is CC(C)C(NC(=O)c1cccn1C(=O)C(NC(=O)OCc1ccccc1)C(c1ccccc1)c1ccccc1)B(O)O. The Morgan fingerprint density at radius 1 is 0.786 bits per heavy atom. The van der Waals surface area contributed by atoms with Crippen molar-refractivity contribution in [2.45, 2.75) is 38.4 Å². The largest absolute Gasteiger partial charge is 0.475 e. The first-order valence-corrected chi connectivity index (χ1v) is 13.7. The molecule has 2 unspecified atom stereocenters. The zero-order chi connectivity index (χ0) is 30.1. The minimum absolute atomic E-state index is 0.00613. The second-order valence-electron chi connectivity index (χ2n) is 10.2. The highest BCUT2D eigenvalue weighted by atomic mass is 16.5. The number of alkyl carbamates (subject to hydrolysis) is 1. The van der Waals surface area contributed by atoms with Crippen molar-refractivity contribution in [1.82, 2.24) is 15.2 Å². The van der Waals surface area contributed by atoms with Crippen LogP contribution in [0.25, 0.3) is 0 Å².